The van der Waals surface area contributed by atoms with Crippen molar-refractivity contribution in [2.45, 2.75) is 133 Å². The van der Waals surface area contributed by atoms with Crippen molar-refractivity contribution in [3.05, 3.63) is 70.8 Å². The first-order valence-electron chi connectivity index (χ1n) is 19.4. The van der Waals surface area contributed by atoms with Gasteiger partial charge in [0.25, 0.3) is 0 Å². The van der Waals surface area contributed by atoms with Gasteiger partial charge < -0.3 is 10.6 Å². The summed E-state index contributed by atoms with van der Waals surface area (Å²) < 4.78 is 0. The summed E-state index contributed by atoms with van der Waals surface area (Å²) in [6.45, 7) is 2.42. The van der Waals surface area contributed by atoms with Crippen molar-refractivity contribution < 1.29 is 9.59 Å². The summed E-state index contributed by atoms with van der Waals surface area (Å²) in [6.07, 6.45) is 17.8. The summed E-state index contributed by atoms with van der Waals surface area (Å²) >= 11 is 0. The third-order valence-electron chi connectivity index (χ3n) is 13.9. The molecule has 7 aliphatic rings. The van der Waals surface area contributed by atoms with Crippen molar-refractivity contribution in [2.24, 2.45) is 23.7 Å². The summed E-state index contributed by atoms with van der Waals surface area (Å²) in [5, 5.41) is 6.70. The molecule has 47 heavy (non-hydrogen) atoms. The molecule has 2 aromatic carbocycles. The molecule has 2 saturated heterocycles. The van der Waals surface area contributed by atoms with Crippen molar-refractivity contribution in [1.29, 1.82) is 0 Å². The quantitative estimate of drug-likeness (QED) is 0.284. The zero-order valence-electron chi connectivity index (χ0n) is 28.1. The monoisotopic (exact) mass is 634 g/mol. The fraction of sp³-hybridized carbons (Fsp3) is 0.659. The van der Waals surface area contributed by atoms with Crippen molar-refractivity contribution in [2.75, 3.05) is 13.1 Å². The normalized spacial score (nSPS) is 37.0. The SMILES string of the molecule is O=C(NC1CCC(CCN2C3CC[C@@H]2c2ccccc23)CC1)C1CC1C(=O)NC1CCC(CCN2[C@@H]3CC[C@H]2c2ccccc23)CC1. The van der Waals surface area contributed by atoms with E-state index in [1.165, 1.54) is 77.3 Å². The third-order valence-corrected chi connectivity index (χ3v) is 13.9. The number of benzene rings is 2. The highest BCUT2D eigenvalue weighted by Crippen LogP contribution is 2.54. The molecule has 2 amide bonds. The Labute approximate surface area is 281 Å². The van der Waals surface area contributed by atoms with Gasteiger partial charge in [-0.3, -0.25) is 19.4 Å². The molecule has 4 heterocycles. The van der Waals surface area contributed by atoms with Crippen LogP contribution in [0.2, 0.25) is 0 Å². The first kappa shape index (κ1) is 30.4. The van der Waals surface area contributed by atoms with Crippen LogP contribution in [-0.2, 0) is 9.59 Å². The average molecular weight is 635 g/mol. The Balaban J connectivity index is 0.659. The van der Waals surface area contributed by atoms with E-state index in [0.717, 1.165) is 43.9 Å². The molecule has 9 rings (SSSR count). The molecule has 0 spiro atoms. The molecule has 0 radical (unpaired) electrons. The van der Waals surface area contributed by atoms with Gasteiger partial charge in [-0.1, -0.05) is 48.5 Å². The Morgan fingerprint density at radius 3 is 1.19 bits per heavy atom. The minimum absolute atomic E-state index is 0.115. The molecule has 6 nitrogen and oxygen atoms in total. The molecule has 5 fully saturated rings. The van der Waals surface area contributed by atoms with Gasteiger partial charge in [0.15, 0.2) is 0 Å². The summed E-state index contributed by atoms with van der Waals surface area (Å²) in [5.74, 6) is 1.57. The largest absolute Gasteiger partial charge is 0.353 e. The first-order chi connectivity index (χ1) is 23.1. The molecule has 3 unspecified atom stereocenters. The first-order valence-corrected chi connectivity index (χ1v) is 19.4. The number of nitrogens with one attached hydrogen (secondary N) is 2. The number of fused-ring (bicyclic) bond motifs is 10. The summed E-state index contributed by atoms with van der Waals surface area (Å²) in [6, 6.07) is 21.3. The summed E-state index contributed by atoms with van der Waals surface area (Å²) in [4.78, 5) is 31.7. The van der Waals surface area contributed by atoms with Crippen LogP contribution >= 0.6 is 0 Å². The highest BCUT2D eigenvalue weighted by molar-refractivity contribution is 5.92. The Morgan fingerprint density at radius 2 is 0.851 bits per heavy atom. The maximum Gasteiger partial charge on any atom is 0.224 e. The number of carbonyl (C=O) groups is 2. The summed E-state index contributed by atoms with van der Waals surface area (Å²) in [7, 11) is 0. The molecule has 3 saturated carbocycles. The van der Waals surface area contributed by atoms with Gasteiger partial charge in [0, 0.05) is 36.3 Å². The fourth-order valence-corrected chi connectivity index (χ4v) is 11.2. The van der Waals surface area contributed by atoms with E-state index in [0.29, 0.717) is 24.2 Å². The topological polar surface area (TPSA) is 64.7 Å². The smallest absolute Gasteiger partial charge is 0.224 e. The van der Waals surface area contributed by atoms with E-state index in [2.05, 4.69) is 69.0 Å². The van der Waals surface area contributed by atoms with Crippen LogP contribution in [0.15, 0.2) is 48.5 Å². The summed E-state index contributed by atoms with van der Waals surface area (Å²) in [5.41, 5.74) is 6.32. The lowest BCUT2D eigenvalue weighted by Gasteiger charge is -2.31. The molecule has 2 aromatic rings. The van der Waals surface area contributed by atoms with Crippen LogP contribution in [0.4, 0.5) is 0 Å². The molecule has 250 valence electrons. The minimum atomic E-state index is -0.115. The lowest BCUT2D eigenvalue weighted by molar-refractivity contribution is -0.128. The van der Waals surface area contributed by atoms with Gasteiger partial charge in [0.05, 0.1) is 11.8 Å². The van der Waals surface area contributed by atoms with E-state index >= 15 is 0 Å². The highest BCUT2D eigenvalue weighted by atomic mass is 16.2. The van der Waals surface area contributed by atoms with Gasteiger partial charge in [-0.05, 0) is 143 Å². The van der Waals surface area contributed by atoms with Gasteiger partial charge in [-0.2, -0.15) is 0 Å². The second kappa shape index (κ2) is 12.6. The Bertz CT molecular complexity index is 1300. The average Bonchev–Trinajstić information content (AvgIpc) is 3.36. The maximum atomic E-state index is 13.1. The Kier molecular flexibility index (Phi) is 8.16. The molecule has 4 bridgehead atoms. The fourth-order valence-electron chi connectivity index (χ4n) is 11.2. The zero-order chi connectivity index (χ0) is 31.5. The van der Waals surface area contributed by atoms with E-state index < -0.39 is 0 Å². The van der Waals surface area contributed by atoms with Crippen LogP contribution in [0, 0.1) is 23.7 Å². The molecule has 2 N–H and O–H groups in total. The highest BCUT2D eigenvalue weighted by Gasteiger charge is 2.49. The number of hydrogen-bond acceptors (Lipinski definition) is 4. The minimum Gasteiger partial charge on any atom is -0.353 e. The number of carbonyl (C=O) groups excluding carboxylic acids is 2. The predicted molar refractivity (Wildman–Crippen MR) is 184 cm³/mol. The van der Waals surface area contributed by atoms with Gasteiger partial charge in [-0.25, -0.2) is 0 Å². The molecule has 6 heteroatoms. The zero-order valence-corrected chi connectivity index (χ0v) is 28.1. The van der Waals surface area contributed by atoms with Crippen LogP contribution in [0.3, 0.4) is 0 Å². The van der Waals surface area contributed by atoms with Crippen molar-refractivity contribution in [1.82, 2.24) is 20.4 Å². The van der Waals surface area contributed by atoms with E-state index in [9.17, 15) is 9.59 Å². The maximum absolute atomic E-state index is 13.1. The van der Waals surface area contributed by atoms with Crippen LogP contribution < -0.4 is 10.6 Å². The van der Waals surface area contributed by atoms with Crippen LogP contribution in [0.5, 0.6) is 0 Å². The number of nitrogens with zero attached hydrogens (tertiary/aromatic N) is 2. The molecular formula is C41H54N4O2. The molecule has 6 atom stereocenters. The Hall–Kier alpha value is -2.70. The standard InChI is InChI=1S/C41H54N4O2/c46-40(42-28-13-9-26(10-14-28)21-23-44-36-17-18-37(44)31-6-2-1-5-30(31)36)34-25-35(34)41(47)43-29-15-11-27(12-16-29)22-24-45-38-19-20-39(45)33-8-4-3-7-32(33)38/h1-8,26-29,34-39H,9-25H2,(H,42,46)(H,43,47)/t26?,27?,28?,29?,34?,35?,36-,37+,38-,39?/m1/s1. The molecule has 4 aliphatic heterocycles. The molecule has 3 aliphatic carbocycles. The molecular weight excluding hydrogens is 580 g/mol. The predicted octanol–water partition coefficient (Wildman–Crippen LogP) is 7.54. The number of hydrogen-bond donors (Lipinski definition) is 2. The van der Waals surface area contributed by atoms with Gasteiger partial charge in [0.2, 0.25) is 11.8 Å². The second-order valence-corrected chi connectivity index (χ2v) is 16.4. The number of rotatable bonds is 10. The van der Waals surface area contributed by atoms with E-state index in [-0.39, 0.29) is 35.7 Å². The second-order valence-electron chi connectivity index (χ2n) is 16.4. The van der Waals surface area contributed by atoms with Gasteiger partial charge in [0.1, 0.15) is 0 Å². The van der Waals surface area contributed by atoms with Gasteiger partial charge in [-0.15, -0.1) is 0 Å². The lowest BCUT2D eigenvalue weighted by Crippen LogP contribution is -2.41. The lowest BCUT2D eigenvalue weighted by atomic mass is 9.83. The van der Waals surface area contributed by atoms with Crippen molar-refractivity contribution in [3.8, 4) is 0 Å². The molecule has 0 aromatic heterocycles. The van der Waals surface area contributed by atoms with Crippen LogP contribution in [0.1, 0.15) is 143 Å². The van der Waals surface area contributed by atoms with Crippen LogP contribution in [0.25, 0.3) is 0 Å². The van der Waals surface area contributed by atoms with E-state index in [1.54, 1.807) is 22.3 Å². The van der Waals surface area contributed by atoms with Gasteiger partial charge >= 0.3 is 0 Å². The third kappa shape index (κ3) is 5.75. The van der Waals surface area contributed by atoms with Crippen molar-refractivity contribution in [3.63, 3.8) is 0 Å². The van der Waals surface area contributed by atoms with E-state index in [1.807, 2.05) is 0 Å². The number of amides is 2. The Morgan fingerprint density at radius 1 is 0.511 bits per heavy atom. The van der Waals surface area contributed by atoms with E-state index in [4.69, 9.17) is 0 Å². The van der Waals surface area contributed by atoms with Crippen LogP contribution in [-0.4, -0.2) is 46.8 Å². The van der Waals surface area contributed by atoms with Crippen molar-refractivity contribution >= 4 is 11.8 Å².